The monoisotopic (exact) mass is 358 g/mol. The topological polar surface area (TPSA) is 71.2 Å². The molecule has 1 aromatic rings. The second-order valence-electron chi connectivity index (χ2n) is 8.17. The van der Waals surface area contributed by atoms with Crippen LogP contribution < -0.4 is 5.73 Å². The first kappa shape index (κ1) is 18.5. The van der Waals surface area contributed by atoms with E-state index in [9.17, 15) is 4.79 Å². The van der Waals surface area contributed by atoms with Crippen LogP contribution in [0.1, 0.15) is 38.7 Å². The van der Waals surface area contributed by atoms with Gasteiger partial charge in [0.2, 0.25) is 0 Å². The number of ether oxygens (including phenoxy) is 1. The number of carbonyl (C=O) groups excluding carboxylic acids is 1. The predicted octanol–water partition coefficient (Wildman–Crippen LogP) is 2.66. The molecule has 6 nitrogen and oxygen atoms in total. The highest BCUT2D eigenvalue weighted by atomic mass is 16.6. The average Bonchev–Trinajstić information content (AvgIpc) is 3.39. The lowest BCUT2D eigenvalue weighted by molar-refractivity contribution is 0.0186. The zero-order chi connectivity index (χ0) is 18.7. The number of nitrogens with two attached hydrogens (primary N) is 1. The van der Waals surface area contributed by atoms with Crippen molar-refractivity contribution in [2.75, 3.05) is 32.7 Å². The van der Waals surface area contributed by atoms with Crippen molar-refractivity contribution in [2.45, 2.75) is 38.7 Å². The Labute approximate surface area is 156 Å². The van der Waals surface area contributed by atoms with Crippen molar-refractivity contribution >= 4 is 12.1 Å². The molecule has 6 heteroatoms. The van der Waals surface area contributed by atoms with Gasteiger partial charge in [0.15, 0.2) is 5.96 Å². The van der Waals surface area contributed by atoms with Crippen LogP contribution in [0.2, 0.25) is 0 Å². The summed E-state index contributed by atoms with van der Waals surface area (Å²) in [6, 6.07) is 10.6. The molecule has 3 rings (SSSR count). The molecule has 26 heavy (non-hydrogen) atoms. The van der Waals surface area contributed by atoms with Gasteiger partial charge in [0, 0.05) is 32.7 Å². The van der Waals surface area contributed by atoms with Crippen LogP contribution in [-0.4, -0.2) is 60.2 Å². The normalized spacial score (nSPS) is 23.7. The van der Waals surface area contributed by atoms with E-state index in [2.05, 4.69) is 34.2 Å². The summed E-state index contributed by atoms with van der Waals surface area (Å²) in [4.78, 5) is 20.5. The Morgan fingerprint density at radius 2 is 1.77 bits per heavy atom. The number of amides is 1. The highest BCUT2D eigenvalue weighted by Crippen LogP contribution is 2.47. The molecule has 0 aromatic heterocycles. The third kappa shape index (κ3) is 4.90. The third-order valence-electron chi connectivity index (χ3n) is 4.89. The molecule has 0 radical (unpaired) electrons. The van der Waals surface area contributed by atoms with Crippen LogP contribution in [-0.2, 0) is 4.74 Å². The Morgan fingerprint density at radius 1 is 1.15 bits per heavy atom. The van der Waals surface area contributed by atoms with Gasteiger partial charge in [0.05, 0.1) is 0 Å². The number of hydrogen-bond acceptors (Lipinski definition) is 3. The molecular formula is C20H30N4O2. The van der Waals surface area contributed by atoms with Gasteiger partial charge < -0.3 is 20.3 Å². The van der Waals surface area contributed by atoms with Crippen LogP contribution in [0.5, 0.6) is 0 Å². The van der Waals surface area contributed by atoms with E-state index >= 15 is 0 Å². The minimum absolute atomic E-state index is 0.253. The number of carbonyl (C=O) groups is 1. The van der Waals surface area contributed by atoms with Crippen molar-refractivity contribution in [3.8, 4) is 0 Å². The summed E-state index contributed by atoms with van der Waals surface area (Å²) < 4.78 is 5.42. The van der Waals surface area contributed by atoms with Crippen molar-refractivity contribution in [3.63, 3.8) is 0 Å². The van der Waals surface area contributed by atoms with Crippen LogP contribution >= 0.6 is 0 Å². The molecule has 142 valence electrons. The second kappa shape index (κ2) is 7.56. The quantitative estimate of drug-likeness (QED) is 0.666. The van der Waals surface area contributed by atoms with Gasteiger partial charge in [-0.2, -0.15) is 0 Å². The SMILES string of the molecule is CC(C)(C)OC(=O)N1CCN(C(N)=NCC2CC2c2ccccc2)CC1. The zero-order valence-electron chi connectivity index (χ0n) is 16.0. The van der Waals surface area contributed by atoms with Crippen LogP contribution in [0.25, 0.3) is 0 Å². The van der Waals surface area contributed by atoms with Crippen LogP contribution in [0, 0.1) is 5.92 Å². The molecule has 1 aliphatic carbocycles. The van der Waals surface area contributed by atoms with Gasteiger partial charge in [0.1, 0.15) is 5.60 Å². The Morgan fingerprint density at radius 3 is 2.38 bits per heavy atom. The fourth-order valence-electron chi connectivity index (χ4n) is 3.31. The summed E-state index contributed by atoms with van der Waals surface area (Å²) in [5.41, 5.74) is 7.11. The van der Waals surface area contributed by atoms with E-state index in [-0.39, 0.29) is 6.09 Å². The molecule has 2 unspecified atom stereocenters. The van der Waals surface area contributed by atoms with Crippen molar-refractivity contribution < 1.29 is 9.53 Å². The first-order valence-electron chi connectivity index (χ1n) is 9.41. The lowest BCUT2D eigenvalue weighted by atomic mass is 10.1. The standard InChI is InChI=1S/C20H30N4O2/c1-20(2,3)26-19(25)24-11-9-23(10-12-24)18(21)22-14-16-13-17(16)15-7-5-4-6-8-15/h4-8,16-17H,9-14H2,1-3H3,(H2,21,22). The third-order valence-corrected chi connectivity index (χ3v) is 4.89. The summed E-state index contributed by atoms with van der Waals surface area (Å²) in [5, 5.41) is 0. The van der Waals surface area contributed by atoms with Crippen molar-refractivity contribution in [2.24, 2.45) is 16.6 Å². The fraction of sp³-hybridized carbons (Fsp3) is 0.600. The van der Waals surface area contributed by atoms with Gasteiger partial charge >= 0.3 is 6.09 Å². The van der Waals surface area contributed by atoms with Gasteiger partial charge in [-0.15, -0.1) is 0 Å². The van der Waals surface area contributed by atoms with Crippen LogP contribution in [0.4, 0.5) is 4.79 Å². The largest absolute Gasteiger partial charge is 0.444 e. The van der Waals surface area contributed by atoms with Crippen molar-refractivity contribution in [1.82, 2.24) is 9.80 Å². The molecule has 2 aliphatic rings. The Hall–Kier alpha value is -2.24. The summed E-state index contributed by atoms with van der Waals surface area (Å²) in [5.74, 6) is 1.81. The molecule has 1 amide bonds. The minimum atomic E-state index is -0.464. The molecule has 0 bridgehead atoms. The number of benzene rings is 1. The molecule has 2 N–H and O–H groups in total. The van der Waals surface area contributed by atoms with E-state index in [0.717, 1.165) is 6.54 Å². The van der Waals surface area contributed by atoms with E-state index in [0.29, 0.717) is 44.0 Å². The molecule has 1 aliphatic heterocycles. The summed E-state index contributed by atoms with van der Waals surface area (Å²) in [6.45, 7) is 9.04. The maximum absolute atomic E-state index is 12.1. The number of aliphatic imine (C=N–C) groups is 1. The lowest BCUT2D eigenvalue weighted by Crippen LogP contribution is -2.53. The molecule has 2 fully saturated rings. The summed E-state index contributed by atoms with van der Waals surface area (Å²) in [6.07, 6.45) is 0.934. The van der Waals surface area contributed by atoms with Gasteiger partial charge in [0.25, 0.3) is 0 Å². The van der Waals surface area contributed by atoms with Gasteiger partial charge in [-0.25, -0.2) is 4.79 Å². The van der Waals surface area contributed by atoms with Crippen molar-refractivity contribution in [3.05, 3.63) is 35.9 Å². The number of piperazine rings is 1. The first-order valence-corrected chi connectivity index (χ1v) is 9.41. The fourth-order valence-corrected chi connectivity index (χ4v) is 3.31. The zero-order valence-corrected chi connectivity index (χ0v) is 16.0. The Kier molecular flexibility index (Phi) is 5.39. The van der Waals surface area contributed by atoms with Gasteiger partial charge in [-0.1, -0.05) is 30.3 Å². The Bertz CT molecular complexity index is 646. The molecule has 1 aromatic carbocycles. The van der Waals surface area contributed by atoms with Crippen LogP contribution in [0.15, 0.2) is 35.3 Å². The summed E-state index contributed by atoms with van der Waals surface area (Å²) >= 11 is 0. The highest BCUT2D eigenvalue weighted by Gasteiger charge is 2.38. The van der Waals surface area contributed by atoms with E-state index in [4.69, 9.17) is 10.5 Å². The van der Waals surface area contributed by atoms with E-state index in [1.165, 1.54) is 12.0 Å². The number of hydrogen-bond donors (Lipinski definition) is 1. The van der Waals surface area contributed by atoms with Crippen LogP contribution in [0.3, 0.4) is 0 Å². The summed E-state index contributed by atoms with van der Waals surface area (Å²) in [7, 11) is 0. The lowest BCUT2D eigenvalue weighted by Gasteiger charge is -2.36. The molecule has 0 spiro atoms. The maximum Gasteiger partial charge on any atom is 0.410 e. The average molecular weight is 358 g/mol. The van der Waals surface area contributed by atoms with Gasteiger partial charge in [-0.05, 0) is 44.6 Å². The first-order chi connectivity index (χ1) is 12.3. The van der Waals surface area contributed by atoms with Gasteiger partial charge in [-0.3, -0.25) is 4.99 Å². The van der Waals surface area contributed by atoms with E-state index in [1.54, 1.807) is 4.90 Å². The molecule has 1 saturated heterocycles. The van der Waals surface area contributed by atoms with E-state index < -0.39 is 5.60 Å². The predicted molar refractivity (Wildman–Crippen MR) is 103 cm³/mol. The maximum atomic E-state index is 12.1. The Balaban J connectivity index is 1.43. The molecule has 1 saturated carbocycles. The highest BCUT2D eigenvalue weighted by molar-refractivity contribution is 5.78. The van der Waals surface area contributed by atoms with E-state index in [1.807, 2.05) is 26.8 Å². The van der Waals surface area contributed by atoms with Crippen molar-refractivity contribution in [1.29, 1.82) is 0 Å². The molecule has 2 atom stereocenters. The number of rotatable bonds is 3. The second-order valence-corrected chi connectivity index (χ2v) is 8.17. The molecular weight excluding hydrogens is 328 g/mol. The molecule has 1 heterocycles. The smallest absolute Gasteiger partial charge is 0.410 e. The number of guanidine groups is 1. The number of nitrogens with zero attached hydrogens (tertiary/aromatic N) is 3. The minimum Gasteiger partial charge on any atom is -0.444 e.